The lowest BCUT2D eigenvalue weighted by atomic mass is 10.1. The van der Waals surface area contributed by atoms with E-state index in [4.69, 9.17) is 4.74 Å². The van der Waals surface area contributed by atoms with Gasteiger partial charge in [0.2, 0.25) is 5.82 Å². The predicted molar refractivity (Wildman–Crippen MR) is 85.3 cm³/mol. The number of ether oxygens (including phenoxy) is 1. The first kappa shape index (κ1) is 16.4. The Morgan fingerprint density at radius 1 is 1.14 bits per heavy atom. The first-order valence-corrected chi connectivity index (χ1v) is 7.79. The van der Waals surface area contributed by atoms with Crippen LogP contribution in [0.3, 0.4) is 0 Å². The molecule has 1 N–H and O–H groups in total. The maximum atomic E-state index is 13.6. The van der Waals surface area contributed by atoms with Crippen LogP contribution >= 0.6 is 31.9 Å². The summed E-state index contributed by atoms with van der Waals surface area (Å²) >= 11 is 6.57. The summed E-state index contributed by atoms with van der Waals surface area (Å²) in [6, 6.07) is 8.28. The minimum absolute atomic E-state index is 0.118. The zero-order valence-corrected chi connectivity index (χ0v) is 14.4. The van der Waals surface area contributed by atoms with Crippen molar-refractivity contribution in [1.29, 1.82) is 0 Å². The van der Waals surface area contributed by atoms with Crippen LogP contribution in [0.2, 0.25) is 0 Å². The number of rotatable bonds is 5. The molecule has 0 aliphatic carbocycles. The van der Waals surface area contributed by atoms with Crippen molar-refractivity contribution in [2.24, 2.45) is 0 Å². The maximum absolute atomic E-state index is 13.6. The minimum atomic E-state index is -0.985. The lowest BCUT2D eigenvalue weighted by Gasteiger charge is -2.11. The van der Waals surface area contributed by atoms with Gasteiger partial charge in [-0.3, -0.25) is 0 Å². The summed E-state index contributed by atoms with van der Waals surface area (Å²) in [6.07, 6.45) is 0. The van der Waals surface area contributed by atoms with Crippen LogP contribution in [0, 0.1) is 11.6 Å². The quantitative estimate of drug-likeness (QED) is 0.702. The molecule has 0 fully saturated rings. The lowest BCUT2D eigenvalue weighted by Crippen LogP contribution is -2.06. The van der Waals surface area contributed by atoms with Crippen molar-refractivity contribution in [2.75, 3.05) is 7.05 Å². The second-order valence-electron chi connectivity index (χ2n) is 4.44. The first-order valence-electron chi connectivity index (χ1n) is 6.20. The maximum Gasteiger partial charge on any atom is 0.200 e. The molecule has 0 bridgehead atoms. The van der Waals surface area contributed by atoms with Crippen molar-refractivity contribution in [3.63, 3.8) is 0 Å². The van der Waals surface area contributed by atoms with Crippen LogP contribution in [0.1, 0.15) is 11.1 Å². The Morgan fingerprint density at radius 2 is 1.90 bits per heavy atom. The highest BCUT2D eigenvalue weighted by Gasteiger charge is 2.12. The smallest absolute Gasteiger partial charge is 0.200 e. The van der Waals surface area contributed by atoms with Gasteiger partial charge in [-0.05, 0) is 30.8 Å². The molecule has 0 radical (unpaired) electrons. The molecular weight excluding hydrogens is 408 g/mol. The number of benzene rings is 2. The number of hydrogen-bond acceptors (Lipinski definition) is 2. The summed E-state index contributed by atoms with van der Waals surface area (Å²) in [5, 5.41) is 3.06. The van der Waals surface area contributed by atoms with Gasteiger partial charge in [-0.2, -0.15) is 4.39 Å². The fourth-order valence-corrected chi connectivity index (χ4v) is 2.76. The van der Waals surface area contributed by atoms with Gasteiger partial charge in [0.1, 0.15) is 6.61 Å². The second-order valence-corrected chi connectivity index (χ2v) is 6.21. The Morgan fingerprint density at radius 3 is 2.57 bits per heavy atom. The van der Waals surface area contributed by atoms with E-state index in [9.17, 15) is 8.78 Å². The fourth-order valence-electron chi connectivity index (χ4n) is 1.81. The molecule has 0 aliphatic heterocycles. The molecule has 112 valence electrons. The van der Waals surface area contributed by atoms with E-state index in [0.29, 0.717) is 4.47 Å². The van der Waals surface area contributed by atoms with Crippen LogP contribution in [-0.2, 0) is 13.2 Å². The molecule has 0 amide bonds. The van der Waals surface area contributed by atoms with E-state index in [0.717, 1.165) is 28.2 Å². The molecule has 0 spiro atoms. The van der Waals surface area contributed by atoms with Gasteiger partial charge in [0.15, 0.2) is 11.6 Å². The highest BCUT2D eigenvalue weighted by Crippen LogP contribution is 2.27. The van der Waals surface area contributed by atoms with Crippen LogP contribution in [0.4, 0.5) is 8.78 Å². The summed E-state index contributed by atoms with van der Waals surface area (Å²) in [5.74, 6) is -2.04. The van der Waals surface area contributed by atoms with Gasteiger partial charge < -0.3 is 10.1 Å². The summed E-state index contributed by atoms with van der Waals surface area (Å²) in [4.78, 5) is 0. The monoisotopic (exact) mass is 419 g/mol. The zero-order chi connectivity index (χ0) is 15.4. The van der Waals surface area contributed by atoms with Crippen molar-refractivity contribution in [2.45, 2.75) is 13.2 Å². The molecule has 0 atom stereocenters. The molecule has 6 heteroatoms. The minimum Gasteiger partial charge on any atom is -0.486 e. The molecule has 0 aliphatic rings. The normalized spacial score (nSPS) is 10.7. The van der Waals surface area contributed by atoms with E-state index in [-0.39, 0.29) is 12.4 Å². The van der Waals surface area contributed by atoms with Gasteiger partial charge in [0.05, 0.1) is 0 Å². The predicted octanol–water partition coefficient (Wildman–Crippen LogP) is 4.79. The first-order chi connectivity index (χ1) is 10.0. The van der Waals surface area contributed by atoms with Crippen molar-refractivity contribution in [1.82, 2.24) is 5.32 Å². The van der Waals surface area contributed by atoms with Crippen molar-refractivity contribution >= 4 is 31.9 Å². The molecular formula is C15H13Br2F2NO. The molecule has 0 saturated carbocycles. The zero-order valence-electron chi connectivity index (χ0n) is 11.2. The van der Waals surface area contributed by atoms with Crippen LogP contribution in [-0.4, -0.2) is 7.05 Å². The lowest BCUT2D eigenvalue weighted by molar-refractivity contribution is 0.283. The summed E-state index contributed by atoms with van der Waals surface area (Å²) in [7, 11) is 1.87. The summed E-state index contributed by atoms with van der Waals surface area (Å²) in [5.41, 5.74) is 1.97. The standard InChI is InChI=1S/C15H13Br2F2NO/c1-20-7-9-2-3-10(12(17)4-9)8-21-14-6-11(16)5-13(18)15(14)19/h2-6,20H,7-8H2,1H3. The van der Waals surface area contributed by atoms with Crippen molar-refractivity contribution < 1.29 is 13.5 Å². The molecule has 2 rings (SSSR count). The highest BCUT2D eigenvalue weighted by atomic mass is 79.9. The molecule has 2 aromatic rings. The fraction of sp³-hybridized carbons (Fsp3) is 0.200. The van der Waals surface area contributed by atoms with Crippen LogP contribution < -0.4 is 10.1 Å². The molecule has 0 aromatic heterocycles. The van der Waals surface area contributed by atoms with Crippen LogP contribution in [0.5, 0.6) is 5.75 Å². The SMILES string of the molecule is CNCc1ccc(COc2cc(Br)cc(F)c2F)c(Br)c1. The second kappa shape index (κ2) is 7.33. The topological polar surface area (TPSA) is 21.3 Å². The van der Waals surface area contributed by atoms with Gasteiger partial charge in [-0.1, -0.05) is 44.0 Å². The van der Waals surface area contributed by atoms with E-state index in [1.165, 1.54) is 6.07 Å². The molecule has 0 unspecified atom stereocenters. The molecule has 21 heavy (non-hydrogen) atoms. The average molecular weight is 421 g/mol. The molecule has 0 saturated heterocycles. The van der Waals surface area contributed by atoms with Gasteiger partial charge in [-0.15, -0.1) is 0 Å². The average Bonchev–Trinajstić information content (AvgIpc) is 2.43. The third-order valence-corrected chi connectivity index (χ3v) is 4.04. The molecule has 2 aromatic carbocycles. The largest absolute Gasteiger partial charge is 0.486 e. The third kappa shape index (κ3) is 4.25. The number of hydrogen-bond donors (Lipinski definition) is 1. The van der Waals surface area contributed by atoms with E-state index < -0.39 is 11.6 Å². The molecule has 0 heterocycles. The van der Waals surface area contributed by atoms with E-state index in [2.05, 4.69) is 37.2 Å². The van der Waals surface area contributed by atoms with Crippen molar-refractivity contribution in [3.05, 3.63) is 62.0 Å². The van der Waals surface area contributed by atoms with Gasteiger partial charge >= 0.3 is 0 Å². The Labute approximate surface area is 138 Å². The van der Waals surface area contributed by atoms with E-state index in [1.54, 1.807) is 0 Å². The van der Waals surface area contributed by atoms with Crippen LogP contribution in [0.25, 0.3) is 0 Å². The third-order valence-electron chi connectivity index (χ3n) is 2.84. The van der Waals surface area contributed by atoms with Gasteiger partial charge in [-0.25, -0.2) is 4.39 Å². The number of halogens is 4. The Kier molecular flexibility index (Phi) is 5.72. The van der Waals surface area contributed by atoms with E-state index >= 15 is 0 Å². The Bertz CT molecular complexity index is 650. The Hall–Kier alpha value is -0.980. The van der Waals surface area contributed by atoms with Gasteiger partial charge in [0, 0.05) is 21.1 Å². The summed E-state index contributed by atoms with van der Waals surface area (Å²) in [6.45, 7) is 0.901. The Balaban J connectivity index is 2.13. The summed E-state index contributed by atoms with van der Waals surface area (Å²) < 4.78 is 33.6. The van der Waals surface area contributed by atoms with Crippen LogP contribution in [0.15, 0.2) is 39.3 Å². The van der Waals surface area contributed by atoms with Crippen molar-refractivity contribution in [3.8, 4) is 5.75 Å². The van der Waals surface area contributed by atoms with Gasteiger partial charge in [0.25, 0.3) is 0 Å². The molecule has 2 nitrogen and oxygen atoms in total. The highest BCUT2D eigenvalue weighted by molar-refractivity contribution is 9.10. The number of nitrogens with one attached hydrogen (secondary N) is 1. The van der Waals surface area contributed by atoms with E-state index in [1.807, 2.05) is 25.2 Å².